The van der Waals surface area contributed by atoms with Crippen LogP contribution >= 0.6 is 11.8 Å². The normalized spacial score (nSPS) is 11.2. The maximum Gasteiger partial charge on any atom is 0.219 e. The number of aliphatic imine (C=N–C) groups is 1. The topological polar surface area (TPSA) is 66.7 Å². The third-order valence-electron chi connectivity index (χ3n) is 3.39. The van der Waals surface area contributed by atoms with Gasteiger partial charge in [-0.3, -0.25) is 10.7 Å². The Morgan fingerprint density at radius 3 is 2.40 bits per heavy atom. The van der Waals surface area contributed by atoms with E-state index in [2.05, 4.69) is 15.5 Å². The van der Waals surface area contributed by atoms with Gasteiger partial charge in [-0.2, -0.15) is 0 Å². The number of para-hydroxylation sites is 1. The molecular weight excluding hydrogens is 334 g/mol. The van der Waals surface area contributed by atoms with E-state index in [1.54, 1.807) is 30.1 Å². The molecule has 2 aromatic carbocycles. The first-order valence-corrected chi connectivity index (χ1v) is 8.83. The molecule has 1 heterocycles. The summed E-state index contributed by atoms with van der Waals surface area (Å²) >= 11 is 1.68. The first-order chi connectivity index (χ1) is 12.3. The molecule has 3 rings (SSSR count). The van der Waals surface area contributed by atoms with Crippen molar-refractivity contribution in [1.29, 1.82) is 0 Å². The molecule has 0 saturated heterocycles. The Bertz CT molecular complexity index is 835. The summed E-state index contributed by atoms with van der Waals surface area (Å²) in [6.07, 6.45) is 3.62. The van der Waals surface area contributed by atoms with Gasteiger partial charge >= 0.3 is 0 Å². The minimum Gasteiger partial charge on any atom is -0.439 e. The molecule has 0 unspecified atom stereocenters. The number of hydroxylamine groups is 1. The van der Waals surface area contributed by atoms with Crippen LogP contribution in [0.2, 0.25) is 0 Å². The minimum atomic E-state index is 0.314. The fourth-order valence-corrected chi connectivity index (χ4v) is 2.54. The van der Waals surface area contributed by atoms with Gasteiger partial charge in [-0.15, -0.1) is 11.8 Å². The van der Waals surface area contributed by atoms with Gasteiger partial charge in [0.2, 0.25) is 5.88 Å². The summed E-state index contributed by atoms with van der Waals surface area (Å²) in [6.45, 7) is 0. The second-order valence-corrected chi connectivity index (χ2v) is 5.95. The Labute approximate surface area is 150 Å². The summed E-state index contributed by atoms with van der Waals surface area (Å²) in [5.41, 5.74) is 3.49. The SMILES string of the molecule is CSc1ccc(Oc2ccc(C(=Nc3ccccc3)NO)cn2)cc1. The largest absolute Gasteiger partial charge is 0.439 e. The van der Waals surface area contributed by atoms with Crippen LogP contribution in [0.5, 0.6) is 11.6 Å². The first-order valence-electron chi connectivity index (χ1n) is 7.60. The number of nitrogens with one attached hydrogen (secondary N) is 1. The number of rotatable bonds is 5. The zero-order chi connectivity index (χ0) is 17.5. The standard InChI is InChI=1S/C19H17N3O2S/c1-25-17-10-8-16(9-11-17)24-18-12-7-14(13-20-18)19(22-23)21-15-5-3-2-4-6-15/h2-13,23H,1H3,(H,21,22). The van der Waals surface area contributed by atoms with E-state index in [9.17, 15) is 5.21 Å². The molecule has 6 heteroatoms. The zero-order valence-corrected chi connectivity index (χ0v) is 14.4. The summed E-state index contributed by atoms with van der Waals surface area (Å²) < 4.78 is 5.72. The summed E-state index contributed by atoms with van der Waals surface area (Å²) in [5, 5.41) is 9.35. The number of benzene rings is 2. The van der Waals surface area contributed by atoms with Gasteiger partial charge in [0.25, 0.3) is 0 Å². The van der Waals surface area contributed by atoms with Crippen LogP contribution in [0.3, 0.4) is 0 Å². The zero-order valence-electron chi connectivity index (χ0n) is 13.6. The Hall–Kier alpha value is -2.83. The third kappa shape index (κ3) is 4.59. The van der Waals surface area contributed by atoms with E-state index in [4.69, 9.17) is 4.74 Å². The van der Waals surface area contributed by atoms with Crippen LogP contribution in [-0.4, -0.2) is 22.3 Å². The van der Waals surface area contributed by atoms with Crippen molar-refractivity contribution in [3.8, 4) is 11.6 Å². The van der Waals surface area contributed by atoms with Crippen molar-refractivity contribution in [1.82, 2.24) is 10.5 Å². The lowest BCUT2D eigenvalue weighted by molar-refractivity contribution is 0.235. The maximum atomic E-state index is 9.35. The van der Waals surface area contributed by atoms with Crippen molar-refractivity contribution in [2.24, 2.45) is 4.99 Å². The Kier molecular flexibility index (Phi) is 5.66. The molecule has 0 aliphatic rings. The Morgan fingerprint density at radius 1 is 1.04 bits per heavy atom. The summed E-state index contributed by atoms with van der Waals surface area (Å²) in [4.78, 5) is 9.79. The molecule has 1 aromatic heterocycles. The lowest BCUT2D eigenvalue weighted by Gasteiger charge is -2.08. The van der Waals surface area contributed by atoms with Crippen molar-refractivity contribution in [2.75, 3.05) is 6.26 Å². The van der Waals surface area contributed by atoms with Crippen LogP contribution in [0.15, 0.2) is 82.8 Å². The molecular formula is C19H17N3O2S. The van der Waals surface area contributed by atoms with E-state index >= 15 is 0 Å². The van der Waals surface area contributed by atoms with E-state index in [-0.39, 0.29) is 0 Å². The van der Waals surface area contributed by atoms with Crippen LogP contribution in [0.25, 0.3) is 0 Å². The number of nitrogens with zero attached hydrogens (tertiary/aromatic N) is 2. The summed E-state index contributed by atoms with van der Waals surface area (Å²) in [7, 11) is 0. The fraction of sp³-hybridized carbons (Fsp3) is 0.0526. The average Bonchev–Trinajstić information content (AvgIpc) is 2.68. The highest BCUT2D eigenvalue weighted by Crippen LogP contribution is 2.23. The third-order valence-corrected chi connectivity index (χ3v) is 4.14. The predicted molar refractivity (Wildman–Crippen MR) is 100 cm³/mol. The Balaban J connectivity index is 1.75. The number of amidine groups is 1. The minimum absolute atomic E-state index is 0.314. The molecule has 0 aliphatic heterocycles. The lowest BCUT2D eigenvalue weighted by Crippen LogP contribution is -2.20. The molecule has 3 aromatic rings. The number of hydrogen-bond donors (Lipinski definition) is 2. The second kappa shape index (κ2) is 8.32. The van der Waals surface area contributed by atoms with Gasteiger partial charge in [0.15, 0.2) is 5.84 Å². The van der Waals surface area contributed by atoms with Gasteiger partial charge in [-0.25, -0.2) is 9.98 Å². The summed E-state index contributed by atoms with van der Waals surface area (Å²) in [6, 6.07) is 20.7. The monoisotopic (exact) mass is 351 g/mol. The first kappa shape index (κ1) is 17.0. The molecule has 2 N–H and O–H groups in total. The fourth-order valence-electron chi connectivity index (χ4n) is 2.13. The molecule has 0 bridgehead atoms. The average molecular weight is 351 g/mol. The molecule has 126 valence electrons. The van der Waals surface area contributed by atoms with Crippen LogP contribution < -0.4 is 10.2 Å². The molecule has 0 fully saturated rings. The van der Waals surface area contributed by atoms with Gasteiger partial charge in [0.05, 0.1) is 5.69 Å². The molecule has 0 amide bonds. The van der Waals surface area contributed by atoms with Gasteiger partial charge in [0.1, 0.15) is 5.75 Å². The van der Waals surface area contributed by atoms with E-state index in [0.29, 0.717) is 17.3 Å². The smallest absolute Gasteiger partial charge is 0.219 e. The van der Waals surface area contributed by atoms with Crippen molar-refractivity contribution >= 4 is 23.3 Å². The highest BCUT2D eigenvalue weighted by molar-refractivity contribution is 7.98. The second-order valence-electron chi connectivity index (χ2n) is 5.07. The van der Waals surface area contributed by atoms with Gasteiger partial charge in [-0.1, -0.05) is 18.2 Å². The molecule has 0 spiro atoms. The van der Waals surface area contributed by atoms with Crippen molar-refractivity contribution in [3.63, 3.8) is 0 Å². The van der Waals surface area contributed by atoms with Gasteiger partial charge in [0, 0.05) is 22.7 Å². The number of thioether (sulfide) groups is 1. The molecule has 0 aliphatic carbocycles. The van der Waals surface area contributed by atoms with E-state index in [0.717, 1.165) is 11.4 Å². The predicted octanol–water partition coefficient (Wildman–Crippen LogP) is 4.65. The Morgan fingerprint density at radius 2 is 1.80 bits per heavy atom. The van der Waals surface area contributed by atoms with E-state index in [1.165, 1.54) is 4.90 Å². The highest BCUT2D eigenvalue weighted by Gasteiger charge is 2.05. The number of hydrogen-bond acceptors (Lipinski definition) is 5. The van der Waals surface area contributed by atoms with Crippen LogP contribution in [0, 0.1) is 0 Å². The van der Waals surface area contributed by atoms with Crippen LogP contribution in [0.1, 0.15) is 5.56 Å². The molecule has 0 saturated carbocycles. The molecule has 25 heavy (non-hydrogen) atoms. The summed E-state index contributed by atoms with van der Waals surface area (Å²) in [5.74, 6) is 1.50. The highest BCUT2D eigenvalue weighted by atomic mass is 32.2. The van der Waals surface area contributed by atoms with Gasteiger partial charge in [-0.05, 0) is 48.7 Å². The van der Waals surface area contributed by atoms with Crippen molar-refractivity contribution in [2.45, 2.75) is 4.90 Å². The van der Waals surface area contributed by atoms with E-state index < -0.39 is 0 Å². The quantitative estimate of drug-likeness (QED) is 0.303. The van der Waals surface area contributed by atoms with Crippen molar-refractivity contribution in [3.05, 3.63) is 78.5 Å². The van der Waals surface area contributed by atoms with E-state index in [1.807, 2.05) is 60.9 Å². The lowest BCUT2D eigenvalue weighted by atomic mass is 10.2. The maximum absolute atomic E-state index is 9.35. The molecule has 0 radical (unpaired) electrons. The van der Waals surface area contributed by atoms with Crippen molar-refractivity contribution < 1.29 is 9.94 Å². The molecule has 0 atom stereocenters. The number of aromatic nitrogens is 1. The number of ether oxygens (including phenoxy) is 1. The van der Waals surface area contributed by atoms with Crippen LogP contribution in [0.4, 0.5) is 5.69 Å². The van der Waals surface area contributed by atoms with Gasteiger partial charge < -0.3 is 4.74 Å². The number of pyridine rings is 1. The van der Waals surface area contributed by atoms with Crippen LogP contribution in [-0.2, 0) is 0 Å². The molecule has 5 nitrogen and oxygen atoms in total.